The van der Waals surface area contributed by atoms with Crippen LogP contribution >= 0.6 is 0 Å². The minimum Gasteiger partial charge on any atom is -0.350 e. The lowest BCUT2D eigenvalue weighted by molar-refractivity contribution is -0.0884. The number of ketones is 2. The first kappa shape index (κ1) is 107. The normalized spacial score (nSPS) is 14.4. The summed E-state index contributed by atoms with van der Waals surface area (Å²) in [4.78, 5) is 25.1. The number of hydrogen-bond acceptors (Lipinski definition) is 5. The van der Waals surface area contributed by atoms with Crippen LogP contribution in [-0.4, -0.2) is 76.1 Å². The van der Waals surface area contributed by atoms with E-state index in [0.29, 0.717) is 32.9 Å². The molecule has 748 valence electrons. The number of aromatic nitrogens is 5. The predicted octanol–water partition coefficient (Wildman–Crippen LogP) is 29.9. The number of aryl methyl sites for hydroxylation is 16. The van der Waals surface area contributed by atoms with Gasteiger partial charge in [-0.25, -0.2) is 8.42 Å². The molecule has 142 heavy (non-hydrogen) atoms. The summed E-state index contributed by atoms with van der Waals surface area (Å²) in [5, 5.41) is 4.37. The van der Waals surface area contributed by atoms with Crippen LogP contribution in [0.3, 0.4) is 0 Å². The molecule has 4 aliphatic rings. The van der Waals surface area contributed by atoms with Gasteiger partial charge in [-0.05, 0) is 477 Å². The van der Waals surface area contributed by atoms with Crippen molar-refractivity contribution < 1.29 is 44.3 Å². The topological polar surface area (TPSA) is 144 Å². The van der Waals surface area contributed by atoms with Crippen molar-refractivity contribution in [3.05, 3.63) is 332 Å². The Morgan fingerprint density at radius 2 is 0.669 bits per heavy atom. The molecule has 0 saturated heterocycles. The lowest BCUT2D eigenvalue weighted by Gasteiger charge is -2.31. The highest BCUT2D eigenvalue weighted by atomic mass is 32.2. The molecule has 0 saturated carbocycles. The van der Waals surface area contributed by atoms with Crippen LogP contribution < -0.4 is 5.73 Å². The summed E-state index contributed by atoms with van der Waals surface area (Å²) in [5.74, 6) is -1.60. The molecule has 0 spiro atoms. The average molecular weight is 1960 g/mol. The molecule has 0 bridgehead atoms. The molecule has 3 unspecified atom stereocenters. The monoisotopic (exact) mass is 1960 g/mol. The van der Waals surface area contributed by atoms with E-state index in [1.165, 1.54) is 201 Å². The van der Waals surface area contributed by atoms with Crippen LogP contribution in [0.25, 0.3) is 78.8 Å². The van der Waals surface area contributed by atoms with Crippen molar-refractivity contribution in [1.29, 1.82) is 0 Å². The first-order valence-corrected chi connectivity index (χ1v) is 51.1. The summed E-state index contributed by atoms with van der Waals surface area (Å²) < 4.78 is 122. The van der Waals surface area contributed by atoms with Crippen molar-refractivity contribution in [2.45, 2.75) is 275 Å². The third-order valence-electron chi connectivity index (χ3n) is 31.2. The zero-order valence-electron chi connectivity index (χ0n) is 90.4. The molecule has 3 atom stereocenters. The molecule has 5 heterocycles. The third kappa shape index (κ3) is 19.8. The molecule has 2 N–H and O–H groups in total. The number of benzene rings is 9. The van der Waals surface area contributed by atoms with Gasteiger partial charge in [-0.1, -0.05) is 54.6 Å². The van der Waals surface area contributed by atoms with Gasteiger partial charge in [0.2, 0.25) is 0 Å². The fraction of sp³-hybridized carbons (Fsp3) is 0.377. The number of nitrogens with two attached hydrogens (primary N) is 1. The summed E-state index contributed by atoms with van der Waals surface area (Å²) in [6.45, 7) is 65.8. The van der Waals surface area contributed by atoms with Gasteiger partial charge in [0, 0.05) is 134 Å². The minimum absolute atomic E-state index is 0.00120. The highest BCUT2D eigenvalue weighted by Gasteiger charge is 2.44. The zero-order valence-corrected chi connectivity index (χ0v) is 92.0. The molecule has 0 aliphatic heterocycles. The number of hydrogen-bond donors (Lipinski definition) is 1. The highest BCUT2D eigenvalue weighted by Crippen LogP contribution is 2.47. The Morgan fingerprint density at radius 3 is 1.10 bits per heavy atom. The lowest BCUT2D eigenvalue weighted by atomic mass is 9.78. The number of carbonyl (C=O) groups excluding carboxylic acids is 2. The van der Waals surface area contributed by atoms with Crippen LogP contribution in [0, 0.1) is 173 Å². The molecule has 9 aromatic carbocycles. The molecule has 0 fully saturated rings. The minimum atomic E-state index is -4.84. The van der Waals surface area contributed by atoms with E-state index < -0.39 is 60.9 Å². The molecule has 4 aliphatic carbocycles. The first-order valence-electron chi connectivity index (χ1n) is 48.8. The van der Waals surface area contributed by atoms with Gasteiger partial charge in [-0.3, -0.25) is 9.59 Å². The summed E-state index contributed by atoms with van der Waals surface area (Å²) in [7, 11) is 6.44. The number of Topliss-reactive ketones (excluding diaryl/α,β-unsaturated/α-hetero) is 2. The van der Waals surface area contributed by atoms with E-state index >= 15 is 0 Å². The first-order chi connectivity index (χ1) is 65.9. The van der Waals surface area contributed by atoms with E-state index in [1.54, 1.807) is 87.6 Å². The largest absolute Gasteiger partial charge is 0.454 e. The van der Waals surface area contributed by atoms with E-state index in [-0.39, 0.29) is 16.9 Å². The second-order valence-corrected chi connectivity index (χ2v) is 46.4. The van der Waals surface area contributed by atoms with E-state index in [1.807, 2.05) is 34.6 Å². The maximum atomic E-state index is 13.7. The number of allylic oxidation sites excluding steroid dienone is 3. The molecule has 20 heteroatoms. The summed E-state index contributed by atoms with van der Waals surface area (Å²) in [6, 6.07) is 22.2. The van der Waals surface area contributed by atoms with Crippen LogP contribution in [-0.2, 0) is 88.4 Å². The number of nitrogens with zero attached hydrogens (tertiary/aromatic N) is 7. The van der Waals surface area contributed by atoms with Crippen molar-refractivity contribution >= 4 is 124 Å². The molecule has 12 nitrogen and oxygen atoms in total. The van der Waals surface area contributed by atoms with Gasteiger partial charge in [-0.15, -0.1) is 0 Å². The number of halogens is 6. The fourth-order valence-corrected chi connectivity index (χ4v) is 22.9. The van der Waals surface area contributed by atoms with Crippen LogP contribution in [0.1, 0.15) is 269 Å². The Hall–Kier alpha value is -11.8. The van der Waals surface area contributed by atoms with Crippen LogP contribution in [0.5, 0.6) is 0 Å². The molecular weight excluding hydrogens is 1820 g/mol. The quantitative estimate of drug-likeness (QED) is 0.0824. The van der Waals surface area contributed by atoms with Crippen molar-refractivity contribution in [3.63, 3.8) is 0 Å². The van der Waals surface area contributed by atoms with E-state index in [0.717, 1.165) is 75.7 Å². The Balaban J connectivity index is 0.000000146. The van der Waals surface area contributed by atoms with Gasteiger partial charge in [0.1, 0.15) is 22.0 Å². The second-order valence-electron chi connectivity index (χ2n) is 42.6. The molecular formula is C122H142F6N8O4S2. The van der Waals surface area contributed by atoms with Gasteiger partial charge in [0.05, 0.1) is 48.3 Å². The molecule has 14 aromatic rings. The van der Waals surface area contributed by atoms with Crippen molar-refractivity contribution in [3.8, 4) is 0 Å². The maximum Gasteiger partial charge on any atom is 0.454 e. The second kappa shape index (κ2) is 39.7. The highest BCUT2D eigenvalue weighted by molar-refractivity contribution is 7.85. The fourth-order valence-electron chi connectivity index (χ4n) is 21.6. The summed E-state index contributed by atoms with van der Waals surface area (Å²) >= 11 is 0. The standard InChI is InChI=1S/C29H36N2OS.C26H32N2.C25H27NO.C17H21F3N2OS.C13H12F3NO.C12H14/c1-16-13-22-14-23(15-25(22)19(4)17(16)2)27(30-33(32)29(7,8)9)26-20(5)18(3)21(6)28-24(26)11-12-31(28)10;1-14-11-20-12-21(13-23(20)17(4)15(14)2)26(7,27)24-18(5)16(3)19(6)25-22(24)9-10-28(25)8;1-13-10-19-11-20(12-22(19)16(4)14(13)2)25(27)23-17(5)15(3)18(6)24-21(23)8-9-26(24)7;1-10-9-11(2)14-12(7-8-22(14)6)13(10)15(17(18,19)20)21-24(23)16(3,4)5;1-7-6-8(2)11-9(4-5-17(11)3)10(7)12(18)13(14,15)16;1-8-7-11-5-4-6-12(11)10(3)9(8)2/h11-13,15H,14H2,1-10H3;9-11,13H,12,27H2,1-8H3;8-10,12H,11H2,1-7H3;7-9H,1-6H3;4-6H,1-3H3;4,6-7H,5H2,1-3H3. The zero-order chi connectivity index (χ0) is 105. The van der Waals surface area contributed by atoms with Gasteiger partial charge < -0.3 is 28.6 Å². The van der Waals surface area contributed by atoms with E-state index in [4.69, 9.17) is 10.1 Å². The lowest BCUT2D eigenvalue weighted by Crippen LogP contribution is -2.36. The van der Waals surface area contributed by atoms with Crippen LogP contribution in [0.15, 0.2) is 129 Å². The maximum absolute atomic E-state index is 13.7. The van der Waals surface area contributed by atoms with E-state index in [9.17, 15) is 44.3 Å². The van der Waals surface area contributed by atoms with Crippen LogP contribution in [0.2, 0.25) is 0 Å². The molecule has 0 radical (unpaired) electrons. The van der Waals surface area contributed by atoms with Gasteiger partial charge in [-0.2, -0.15) is 35.1 Å². The Morgan fingerprint density at radius 1 is 0.331 bits per heavy atom. The van der Waals surface area contributed by atoms with Gasteiger partial charge >= 0.3 is 12.4 Å². The van der Waals surface area contributed by atoms with E-state index in [2.05, 4.69) is 283 Å². The number of alkyl halides is 6. The Kier molecular flexibility index (Phi) is 30.0. The van der Waals surface area contributed by atoms with Crippen molar-refractivity contribution in [2.24, 2.45) is 49.8 Å². The smallest absolute Gasteiger partial charge is 0.350 e. The predicted molar refractivity (Wildman–Crippen MR) is 588 cm³/mol. The van der Waals surface area contributed by atoms with Crippen molar-refractivity contribution in [1.82, 2.24) is 22.8 Å². The summed E-state index contributed by atoms with van der Waals surface area (Å²) in [5.41, 5.74) is 59.2. The van der Waals surface area contributed by atoms with Crippen LogP contribution in [0.4, 0.5) is 26.3 Å². The van der Waals surface area contributed by atoms with Crippen molar-refractivity contribution in [2.75, 3.05) is 0 Å². The Labute approximate surface area is 841 Å². The van der Waals surface area contributed by atoms with Gasteiger partial charge in [0.15, 0.2) is 11.5 Å². The SMILES string of the molecule is Cc1cc(C)c2c(ccn2C)c1C(=NS(=O)C(C)(C)C)C(F)(F)F.Cc1cc(C)c2c(ccn2C)c1C(=O)C(F)(F)F.Cc1cc2c(c(C)c1C)C=C(C(=NS(=O)C(C)(C)C)c1c(C)c(C)c(C)c3c1ccn3C)C2.Cc1cc2c(c(C)c1C)C=C(C(=O)c1c(C)c(C)c(C)c3c1ccn3C)C2.Cc1cc2c(c(C)c1C)C=C(C(C)(N)c1c(C)c(C)c(C)c3c1ccn3C)C2.Cc1cc2c(c(C)c1C)C=CC2. The Bertz CT molecular complexity index is 7900. The summed E-state index contributed by atoms with van der Waals surface area (Å²) in [6.07, 6.45) is 15.1. The molecule has 18 rings (SSSR count). The average Bonchev–Trinajstić information content (AvgIpc) is 1.52. The van der Waals surface area contributed by atoms with Gasteiger partial charge in [0.25, 0.3) is 5.78 Å². The molecule has 0 amide bonds. The molecule has 5 aromatic heterocycles. The number of rotatable bonds is 10. The third-order valence-corrected chi connectivity index (χ3v) is 34.0. The number of carbonyl (C=O) groups is 2. The number of fused-ring (bicyclic) bond motifs is 9.